The second-order valence-corrected chi connectivity index (χ2v) is 9.61. The van der Waals surface area contributed by atoms with Crippen LogP contribution in [0.3, 0.4) is 0 Å². The monoisotopic (exact) mass is 423 g/mol. The number of amides is 1. The van der Waals surface area contributed by atoms with Crippen LogP contribution in [0.1, 0.15) is 25.7 Å². The Morgan fingerprint density at radius 1 is 1.35 bits per heavy atom. The van der Waals surface area contributed by atoms with Crippen LogP contribution in [0.2, 0.25) is 0 Å². The third-order valence-corrected chi connectivity index (χ3v) is 8.08. The summed E-state index contributed by atoms with van der Waals surface area (Å²) in [5.74, 6) is 0.0952. The number of carbonyl (C=O) groups excluding carboxylic acids is 1. The van der Waals surface area contributed by atoms with Crippen LogP contribution in [0.5, 0.6) is 0 Å². The first kappa shape index (κ1) is 21.6. The van der Waals surface area contributed by atoms with Crippen molar-refractivity contribution in [3.63, 3.8) is 0 Å². The summed E-state index contributed by atoms with van der Waals surface area (Å²) in [5.41, 5.74) is 5.40. The Morgan fingerprint density at radius 2 is 2.00 bits per heavy atom. The molecule has 0 saturated carbocycles. The highest BCUT2D eigenvalue weighted by Gasteiger charge is 2.42. The van der Waals surface area contributed by atoms with E-state index in [0.29, 0.717) is 62.7 Å². The van der Waals surface area contributed by atoms with Crippen molar-refractivity contribution in [3.05, 3.63) is 17.5 Å². The number of likely N-dealkylation sites (tertiary alicyclic amines) is 1. The molecule has 2 aliphatic heterocycles. The minimum absolute atomic E-state index is 0. The van der Waals surface area contributed by atoms with E-state index in [1.807, 2.05) is 4.90 Å². The van der Waals surface area contributed by atoms with Gasteiger partial charge in [-0.3, -0.25) is 4.79 Å². The Kier molecular flexibility index (Phi) is 7.46. The zero-order valence-electron chi connectivity index (χ0n) is 14.6. The van der Waals surface area contributed by atoms with Gasteiger partial charge in [-0.2, -0.15) is 0 Å². The van der Waals surface area contributed by atoms with Gasteiger partial charge < -0.3 is 15.4 Å². The lowest BCUT2D eigenvalue weighted by Crippen LogP contribution is -2.54. The number of piperidine rings is 1. The maximum absolute atomic E-state index is 12.9. The second kappa shape index (κ2) is 8.99. The number of carbonyl (C=O) groups is 1. The number of sulfonamides is 1. The molecule has 7 nitrogen and oxygen atoms in total. The van der Waals surface area contributed by atoms with Gasteiger partial charge in [-0.25, -0.2) is 13.1 Å². The fraction of sp³-hybridized carbons (Fsp3) is 0.688. The molecule has 1 amide bonds. The molecule has 3 N–H and O–H groups in total. The van der Waals surface area contributed by atoms with Gasteiger partial charge in [0.25, 0.3) is 0 Å². The van der Waals surface area contributed by atoms with Crippen LogP contribution >= 0.6 is 23.7 Å². The average Bonchev–Trinajstić information content (AvgIpc) is 3.18. The number of rotatable bonds is 5. The van der Waals surface area contributed by atoms with Crippen molar-refractivity contribution in [1.82, 2.24) is 9.62 Å². The van der Waals surface area contributed by atoms with Crippen molar-refractivity contribution in [1.29, 1.82) is 0 Å². The summed E-state index contributed by atoms with van der Waals surface area (Å²) < 4.78 is 33.1. The van der Waals surface area contributed by atoms with Gasteiger partial charge in [0.15, 0.2) is 0 Å². The van der Waals surface area contributed by atoms with E-state index in [1.54, 1.807) is 17.5 Å². The second-order valence-electron chi connectivity index (χ2n) is 6.72. The van der Waals surface area contributed by atoms with Crippen LogP contribution in [0.15, 0.2) is 21.7 Å². The predicted molar refractivity (Wildman–Crippen MR) is 103 cm³/mol. The number of thiophene rings is 1. The highest BCUT2D eigenvalue weighted by Crippen LogP contribution is 2.32. The highest BCUT2D eigenvalue weighted by atomic mass is 35.5. The van der Waals surface area contributed by atoms with Gasteiger partial charge in [0.1, 0.15) is 4.21 Å². The summed E-state index contributed by atoms with van der Waals surface area (Å²) in [7, 11) is -3.46. The van der Waals surface area contributed by atoms with E-state index < -0.39 is 15.4 Å². The predicted octanol–water partition coefficient (Wildman–Crippen LogP) is 1.19. The molecule has 0 atom stereocenters. The molecule has 0 aromatic carbocycles. The Labute approximate surface area is 164 Å². The number of ether oxygens (including phenoxy) is 1. The lowest BCUT2D eigenvalue weighted by atomic mass is 9.78. The van der Waals surface area contributed by atoms with E-state index in [1.165, 1.54) is 11.3 Å². The molecule has 2 saturated heterocycles. The largest absolute Gasteiger partial charge is 0.381 e. The zero-order chi connectivity index (χ0) is 17.9. The number of nitrogens with two attached hydrogens (primary N) is 1. The number of hydrogen-bond donors (Lipinski definition) is 2. The van der Waals surface area contributed by atoms with Crippen LogP contribution in [0.4, 0.5) is 0 Å². The maximum atomic E-state index is 12.9. The van der Waals surface area contributed by atoms with Gasteiger partial charge in [-0.15, -0.1) is 23.7 Å². The van der Waals surface area contributed by atoms with Gasteiger partial charge in [0.05, 0.1) is 5.41 Å². The Morgan fingerprint density at radius 3 is 2.54 bits per heavy atom. The van der Waals surface area contributed by atoms with Gasteiger partial charge in [-0.1, -0.05) is 6.07 Å². The normalized spacial score (nSPS) is 21.2. The van der Waals surface area contributed by atoms with Gasteiger partial charge >= 0.3 is 0 Å². The van der Waals surface area contributed by atoms with Crippen molar-refractivity contribution in [3.8, 4) is 0 Å². The molecule has 10 heteroatoms. The molecule has 2 aliphatic rings. The molecule has 1 aromatic heterocycles. The molecule has 1 aromatic rings. The van der Waals surface area contributed by atoms with Crippen molar-refractivity contribution < 1.29 is 17.9 Å². The fourth-order valence-electron chi connectivity index (χ4n) is 3.50. The summed E-state index contributed by atoms with van der Waals surface area (Å²) in [6.45, 7) is 2.58. The summed E-state index contributed by atoms with van der Waals surface area (Å²) in [4.78, 5) is 14.8. The fourth-order valence-corrected chi connectivity index (χ4v) is 5.81. The lowest BCUT2D eigenvalue weighted by Gasteiger charge is -2.41. The van der Waals surface area contributed by atoms with Crippen LogP contribution in [0, 0.1) is 5.41 Å². The number of hydrogen-bond acceptors (Lipinski definition) is 6. The van der Waals surface area contributed by atoms with Crippen LogP contribution in [0.25, 0.3) is 0 Å². The zero-order valence-corrected chi connectivity index (χ0v) is 17.0. The molecule has 0 radical (unpaired) electrons. The Hall–Kier alpha value is -0.710. The number of nitrogens with one attached hydrogen (secondary N) is 1. The summed E-state index contributed by atoms with van der Waals surface area (Å²) in [6.07, 6.45) is 2.56. The van der Waals surface area contributed by atoms with E-state index in [9.17, 15) is 13.2 Å². The number of nitrogens with zero attached hydrogens (tertiary/aromatic N) is 1. The quantitative estimate of drug-likeness (QED) is 0.740. The topological polar surface area (TPSA) is 102 Å². The molecule has 0 spiro atoms. The van der Waals surface area contributed by atoms with E-state index in [4.69, 9.17) is 10.5 Å². The third kappa shape index (κ3) is 4.58. The van der Waals surface area contributed by atoms with Crippen molar-refractivity contribution in [2.24, 2.45) is 11.1 Å². The molecule has 0 bridgehead atoms. The van der Waals surface area contributed by atoms with E-state index in [0.717, 1.165) is 0 Å². The van der Waals surface area contributed by atoms with Crippen LogP contribution < -0.4 is 10.5 Å². The standard InChI is InChI=1S/C16H25N3O4S2.ClH/c17-12-16(5-9-23-10-6-16)15(20)19-7-3-13(4-8-19)18-25(21,22)14-2-1-11-24-14;/h1-2,11,13,18H,3-10,12,17H2;1H. The van der Waals surface area contributed by atoms with E-state index >= 15 is 0 Å². The summed E-state index contributed by atoms with van der Waals surface area (Å²) >= 11 is 1.20. The first-order valence-electron chi connectivity index (χ1n) is 8.60. The molecule has 3 rings (SSSR count). The van der Waals surface area contributed by atoms with Crippen LogP contribution in [-0.4, -0.2) is 58.1 Å². The molecular formula is C16H26ClN3O4S2. The number of halogens is 1. The van der Waals surface area contributed by atoms with Crippen molar-refractivity contribution >= 4 is 39.7 Å². The SMILES string of the molecule is Cl.NCC1(C(=O)N2CCC(NS(=O)(=O)c3cccs3)CC2)CCOCC1. The molecule has 148 valence electrons. The molecule has 2 fully saturated rings. The van der Waals surface area contributed by atoms with Crippen LogP contribution in [-0.2, 0) is 19.6 Å². The van der Waals surface area contributed by atoms with Crippen molar-refractivity contribution in [2.75, 3.05) is 32.8 Å². The highest BCUT2D eigenvalue weighted by molar-refractivity contribution is 7.91. The Balaban J connectivity index is 0.00000243. The third-order valence-electron chi connectivity index (χ3n) is 5.16. The van der Waals surface area contributed by atoms with Gasteiger partial charge in [-0.05, 0) is 37.1 Å². The average molecular weight is 424 g/mol. The molecule has 3 heterocycles. The molecular weight excluding hydrogens is 398 g/mol. The molecule has 0 aliphatic carbocycles. The summed E-state index contributed by atoms with van der Waals surface area (Å²) in [5, 5.41) is 1.75. The minimum atomic E-state index is -3.46. The first-order valence-corrected chi connectivity index (χ1v) is 11.0. The lowest BCUT2D eigenvalue weighted by molar-refractivity contribution is -0.148. The first-order chi connectivity index (χ1) is 12.0. The van der Waals surface area contributed by atoms with Gasteiger partial charge in [0, 0.05) is 38.9 Å². The van der Waals surface area contributed by atoms with E-state index in [2.05, 4.69) is 4.72 Å². The molecule has 26 heavy (non-hydrogen) atoms. The van der Waals surface area contributed by atoms with Crippen molar-refractivity contribution in [2.45, 2.75) is 35.9 Å². The summed E-state index contributed by atoms with van der Waals surface area (Å²) in [6, 6.07) is 3.18. The van der Waals surface area contributed by atoms with E-state index in [-0.39, 0.29) is 24.4 Å². The maximum Gasteiger partial charge on any atom is 0.250 e. The smallest absolute Gasteiger partial charge is 0.250 e. The minimum Gasteiger partial charge on any atom is -0.381 e. The van der Waals surface area contributed by atoms with Gasteiger partial charge in [0.2, 0.25) is 15.9 Å². The Bertz CT molecular complexity index is 682. The molecule has 0 unspecified atom stereocenters.